The van der Waals surface area contributed by atoms with Gasteiger partial charge < -0.3 is 5.32 Å². The van der Waals surface area contributed by atoms with E-state index in [0.29, 0.717) is 12.5 Å². The molecule has 3 nitrogen and oxygen atoms in total. The number of nitrogens with one attached hydrogen (secondary N) is 1. The Bertz CT molecular complexity index is 573. The van der Waals surface area contributed by atoms with Gasteiger partial charge in [-0.1, -0.05) is 43.2 Å². The zero-order chi connectivity index (χ0) is 13.8. The van der Waals surface area contributed by atoms with Crippen LogP contribution in [0.4, 0.5) is 0 Å². The van der Waals surface area contributed by atoms with Crippen molar-refractivity contribution in [1.82, 2.24) is 10.3 Å². The van der Waals surface area contributed by atoms with Crippen LogP contribution in [0.2, 0.25) is 0 Å². The molecular weight excluding hydrogens is 268 g/mol. The van der Waals surface area contributed by atoms with Crippen molar-refractivity contribution in [3.8, 4) is 10.6 Å². The van der Waals surface area contributed by atoms with Gasteiger partial charge in [-0.2, -0.15) is 0 Å². The fraction of sp³-hybridized carbons (Fsp3) is 0.375. The van der Waals surface area contributed by atoms with Crippen LogP contribution in [-0.4, -0.2) is 16.9 Å². The number of hydrogen-bond acceptors (Lipinski definition) is 3. The number of aromatic nitrogens is 1. The first kappa shape index (κ1) is 13.3. The Labute approximate surface area is 123 Å². The van der Waals surface area contributed by atoms with E-state index in [4.69, 9.17) is 0 Å². The molecule has 104 valence electrons. The van der Waals surface area contributed by atoms with Crippen molar-refractivity contribution >= 4 is 17.2 Å². The molecule has 2 aromatic rings. The van der Waals surface area contributed by atoms with E-state index in [2.05, 4.69) is 10.3 Å². The number of nitrogens with zero attached hydrogens (tertiary/aromatic N) is 1. The van der Waals surface area contributed by atoms with E-state index in [1.165, 1.54) is 12.8 Å². The molecule has 1 saturated carbocycles. The van der Waals surface area contributed by atoms with Crippen LogP contribution in [0.5, 0.6) is 0 Å². The molecule has 1 fully saturated rings. The Kier molecular flexibility index (Phi) is 4.11. The number of rotatable bonds is 4. The third-order valence-corrected chi connectivity index (χ3v) is 4.57. The third-order valence-electron chi connectivity index (χ3n) is 3.63. The lowest BCUT2D eigenvalue weighted by Gasteiger charge is -2.10. The summed E-state index contributed by atoms with van der Waals surface area (Å²) in [6.07, 6.45) is 5.11. The van der Waals surface area contributed by atoms with Crippen LogP contribution in [0, 0.1) is 0 Å². The van der Waals surface area contributed by atoms with Gasteiger partial charge in [0.05, 0.1) is 12.1 Å². The fourth-order valence-corrected chi connectivity index (χ4v) is 3.44. The zero-order valence-corrected chi connectivity index (χ0v) is 12.2. The molecule has 1 aliphatic rings. The van der Waals surface area contributed by atoms with E-state index in [0.717, 1.165) is 29.1 Å². The van der Waals surface area contributed by atoms with E-state index in [1.54, 1.807) is 11.3 Å². The highest BCUT2D eigenvalue weighted by Gasteiger charge is 2.17. The number of carbonyl (C=O) groups is 1. The summed E-state index contributed by atoms with van der Waals surface area (Å²) in [6, 6.07) is 10.5. The lowest BCUT2D eigenvalue weighted by molar-refractivity contribution is -0.121. The highest BCUT2D eigenvalue weighted by Crippen LogP contribution is 2.23. The Morgan fingerprint density at radius 3 is 2.75 bits per heavy atom. The van der Waals surface area contributed by atoms with Crippen LogP contribution in [0.3, 0.4) is 0 Å². The first-order chi connectivity index (χ1) is 9.81. The molecule has 20 heavy (non-hydrogen) atoms. The SMILES string of the molecule is O=C(Cc1csc(-c2ccccc2)n1)NC1CCCC1. The van der Waals surface area contributed by atoms with Crippen molar-refractivity contribution in [2.24, 2.45) is 0 Å². The van der Waals surface area contributed by atoms with Crippen molar-refractivity contribution in [2.75, 3.05) is 0 Å². The largest absolute Gasteiger partial charge is 0.353 e. The summed E-state index contributed by atoms with van der Waals surface area (Å²) < 4.78 is 0. The summed E-state index contributed by atoms with van der Waals surface area (Å²) in [6.45, 7) is 0. The molecule has 1 heterocycles. The van der Waals surface area contributed by atoms with Gasteiger partial charge in [0.15, 0.2) is 0 Å². The standard InChI is InChI=1S/C16H18N2OS/c19-15(17-13-8-4-5-9-13)10-14-11-20-16(18-14)12-6-2-1-3-7-12/h1-3,6-7,11,13H,4-5,8-10H2,(H,17,19). The predicted octanol–water partition coefficient (Wildman–Crippen LogP) is 3.41. The number of thiazole rings is 1. The minimum absolute atomic E-state index is 0.0989. The van der Waals surface area contributed by atoms with Gasteiger partial charge in [0.2, 0.25) is 5.91 Å². The van der Waals surface area contributed by atoms with Crippen LogP contribution in [0.1, 0.15) is 31.4 Å². The maximum absolute atomic E-state index is 12.0. The van der Waals surface area contributed by atoms with Gasteiger partial charge in [-0.25, -0.2) is 4.98 Å². The fourth-order valence-electron chi connectivity index (χ4n) is 2.61. The first-order valence-corrected chi connectivity index (χ1v) is 7.98. The topological polar surface area (TPSA) is 42.0 Å². The van der Waals surface area contributed by atoms with Gasteiger partial charge in [0, 0.05) is 17.0 Å². The first-order valence-electron chi connectivity index (χ1n) is 7.10. The molecule has 1 aromatic carbocycles. The van der Waals surface area contributed by atoms with Crippen LogP contribution < -0.4 is 5.32 Å². The summed E-state index contributed by atoms with van der Waals surface area (Å²) in [7, 11) is 0. The lowest BCUT2D eigenvalue weighted by Crippen LogP contribution is -2.33. The molecular formula is C16H18N2OS. The zero-order valence-electron chi connectivity index (χ0n) is 11.3. The highest BCUT2D eigenvalue weighted by molar-refractivity contribution is 7.13. The third kappa shape index (κ3) is 3.25. The Balaban J connectivity index is 1.61. The minimum atomic E-state index is 0.0989. The van der Waals surface area contributed by atoms with Crippen molar-refractivity contribution in [2.45, 2.75) is 38.1 Å². The second kappa shape index (κ2) is 6.18. The van der Waals surface area contributed by atoms with Gasteiger partial charge in [-0.15, -0.1) is 11.3 Å². The molecule has 0 saturated heterocycles. The molecule has 0 atom stereocenters. The van der Waals surface area contributed by atoms with Crippen LogP contribution >= 0.6 is 11.3 Å². The van der Waals surface area contributed by atoms with Gasteiger partial charge >= 0.3 is 0 Å². The van der Waals surface area contributed by atoms with Gasteiger partial charge in [-0.3, -0.25) is 4.79 Å². The molecule has 0 bridgehead atoms. The Morgan fingerprint density at radius 2 is 2.00 bits per heavy atom. The Morgan fingerprint density at radius 1 is 1.25 bits per heavy atom. The summed E-state index contributed by atoms with van der Waals surface area (Å²) >= 11 is 1.60. The lowest BCUT2D eigenvalue weighted by atomic mass is 10.2. The van der Waals surface area contributed by atoms with E-state index in [9.17, 15) is 4.79 Å². The molecule has 0 radical (unpaired) electrons. The number of amides is 1. The summed E-state index contributed by atoms with van der Waals surface area (Å²) in [5.74, 6) is 0.0989. The highest BCUT2D eigenvalue weighted by atomic mass is 32.1. The second-order valence-corrected chi connectivity index (χ2v) is 6.09. The Hall–Kier alpha value is -1.68. The van der Waals surface area contributed by atoms with Gasteiger partial charge in [0.1, 0.15) is 5.01 Å². The van der Waals surface area contributed by atoms with Crippen LogP contribution in [0.25, 0.3) is 10.6 Å². The monoisotopic (exact) mass is 286 g/mol. The number of hydrogen-bond donors (Lipinski definition) is 1. The molecule has 4 heteroatoms. The maximum atomic E-state index is 12.0. The van der Waals surface area contributed by atoms with Crippen molar-refractivity contribution in [3.63, 3.8) is 0 Å². The van der Waals surface area contributed by atoms with E-state index in [-0.39, 0.29) is 5.91 Å². The molecule has 1 amide bonds. The summed E-state index contributed by atoms with van der Waals surface area (Å²) in [5, 5.41) is 6.07. The quantitative estimate of drug-likeness (QED) is 0.936. The van der Waals surface area contributed by atoms with Crippen LogP contribution in [0.15, 0.2) is 35.7 Å². The van der Waals surface area contributed by atoms with E-state index in [1.807, 2.05) is 35.7 Å². The summed E-state index contributed by atoms with van der Waals surface area (Å²) in [4.78, 5) is 16.5. The predicted molar refractivity (Wildman–Crippen MR) is 81.7 cm³/mol. The van der Waals surface area contributed by atoms with Crippen molar-refractivity contribution in [1.29, 1.82) is 0 Å². The molecule has 1 N–H and O–H groups in total. The molecule has 3 rings (SSSR count). The average molecular weight is 286 g/mol. The number of carbonyl (C=O) groups excluding carboxylic acids is 1. The molecule has 0 unspecified atom stereocenters. The average Bonchev–Trinajstić information content (AvgIpc) is 3.11. The minimum Gasteiger partial charge on any atom is -0.353 e. The van der Waals surface area contributed by atoms with Crippen LogP contribution in [-0.2, 0) is 11.2 Å². The second-order valence-electron chi connectivity index (χ2n) is 5.24. The van der Waals surface area contributed by atoms with Crippen molar-refractivity contribution < 1.29 is 4.79 Å². The summed E-state index contributed by atoms with van der Waals surface area (Å²) in [5.41, 5.74) is 1.98. The molecule has 0 aliphatic heterocycles. The molecule has 0 spiro atoms. The number of benzene rings is 1. The van der Waals surface area contributed by atoms with Gasteiger partial charge in [0.25, 0.3) is 0 Å². The normalized spacial score (nSPS) is 15.4. The van der Waals surface area contributed by atoms with E-state index < -0.39 is 0 Å². The maximum Gasteiger partial charge on any atom is 0.226 e. The smallest absolute Gasteiger partial charge is 0.226 e. The molecule has 1 aromatic heterocycles. The van der Waals surface area contributed by atoms with Crippen molar-refractivity contribution in [3.05, 3.63) is 41.4 Å². The van der Waals surface area contributed by atoms with Gasteiger partial charge in [-0.05, 0) is 12.8 Å². The van der Waals surface area contributed by atoms with E-state index >= 15 is 0 Å². The molecule has 1 aliphatic carbocycles.